The van der Waals surface area contributed by atoms with E-state index < -0.39 is 0 Å². The Balaban J connectivity index is 2.06. The molecule has 4 heteroatoms. The van der Waals surface area contributed by atoms with Crippen LogP contribution in [0, 0.1) is 5.92 Å². The topological polar surface area (TPSA) is 30.7 Å². The molecule has 3 rings (SSSR count). The minimum absolute atomic E-state index is 0.576. The van der Waals surface area contributed by atoms with Gasteiger partial charge in [-0.2, -0.15) is 11.8 Å². The largest absolute Gasteiger partial charge is 0.309 e. The Bertz CT molecular complexity index is 556. The van der Waals surface area contributed by atoms with Crippen LogP contribution in [-0.2, 0) is 6.42 Å². The molecule has 0 N–H and O–H groups in total. The third kappa shape index (κ3) is 2.64. The highest BCUT2D eigenvalue weighted by Crippen LogP contribution is 2.31. The molecule has 1 atom stereocenters. The smallest absolute Gasteiger partial charge is 0.160 e. The molecule has 0 amide bonds. The van der Waals surface area contributed by atoms with Gasteiger partial charge in [-0.3, -0.25) is 0 Å². The molecule has 2 aromatic rings. The van der Waals surface area contributed by atoms with E-state index in [2.05, 4.69) is 41.2 Å². The third-order valence-corrected chi connectivity index (χ3v) is 4.81. The molecular weight excluding hydrogens is 254 g/mol. The van der Waals surface area contributed by atoms with Crippen LogP contribution in [0.15, 0.2) is 18.3 Å². The van der Waals surface area contributed by atoms with Crippen LogP contribution < -0.4 is 0 Å². The van der Waals surface area contributed by atoms with Gasteiger partial charge in [-0.05, 0) is 36.6 Å². The minimum atomic E-state index is 0.576. The molecule has 0 spiro atoms. The van der Waals surface area contributed by atoms with Gasteiger partial charge in [-0.1, -0.05) is 13.8 Å². The average molecular weight is 275 g/mol. The molecule has 102 valence electrons. The molecule has 19 heavy (non-hydrogen) atoms. The summed E-state index contributed by atoms with van der Waals surface area (Å²) in [4.78, 5) is 9.39. The first-order chi connectivity index (χ1) is 9.25. The molecule has 0 aliphatic carbocycles. The van der Waals surface area contributed by atoms with E-state index in [-0.39, 0.29) is 0 Å². The highest BCUT2D eigenvalue weighted by Gasteiger charge is 2.22. The van der Waals surface area contributed by atoms with Crippen molar-refractivity contribution < 1.29 is 0 Å². The van der Waals surface area contributed by atoms with E-state index in [4.69, 9.17) is 4.98 Å². The average Bonchev–Trinajstić information content (AvgIpc) is 2.76. The first-order valence-corrected chi connectivity index (χ1v) is 8.30. The summed E-state index contributed by atoms with van der Waals surface area (Å²) in [6.45, 7) is 4.51. The van der Waals surface area contributed by atoms with Gasteiger partial charge in [0.15, 0.2) is 5.65 Å². The fourth-order valence-electron chi connectivity index (χ4n) is 2.80. The van der Waals surface area contributed by atoms with E-state index in [1.54, 1.807) is 0 Å². The van der Waals surface area contributed by atoms with E-state index in [0.717, 1.165) is 17.6 Å². The van der Waals surface area contributed by atoms with Crippen molar-refractivity contribution >= 4 is 22.9 Å². The van der Waals surface area contributed by atoms with E-state index in [0.29, 0.717) is 12.0 Å². The Labute approximate surface area is 118 Å². The Morgan fingerprint density at radius 1 is 1.47 bits per heavy atom. The molecule has 1 aliphatic heterocycles. The van der Waals surface area contributed by atoms with Crippen molar-refractivity contribution in [2.75, 3.05) is 11.5 Å². The van der Waals surface area contributed by atoms with Crippen LogP contribution in [0.25, 0.3) is 11.2 Å². The molecule has 0 saturated carbocycles. The van der Waals surface area contributed by atoms with E-state index in [1.165, 1.54) is 30.2 Å². The maximum Gasteiger partial charge on any atom is 0.160 e. The number of aromatic nitrogens is 3. The molecule has 1 fully saturated rings. The van der Waals surface area contributed by atoms with Crippen LogP contribution in [-0.4, -0.2) is 26.0 Å². The van der Waals surface area contributed by atoms with Crippen LogP contribution in [0.3, 0.4) is 0 Å². The van der Waals surface area contributed by atoms with Gasteiger partial charge in [0.25, 0.3) is 0 Å². The van der Waals surface area contributed by atoms with E-state index >= 15 is 0 Å². The highest BCUT2D eigenvalue weighted by atomic mass is 32.2. The number of hydrogen-bond acceptors (Lipinski definition) is 3. The van der Waals surface area contributed by atoms with Gasteiger partial charge < -0.3 is 4.57 Å². The van der Waals surface area contributed by atoms with Crippen LogP contribution in [0.4, 0.5) is 0 Å². The first-order valence-electron chi connectivity index (χ1n) is 7.15. The van der Waals surface area contributed by atoms with Crippen LogP contribution >= 0.6 is 11.8 Å². The van der Waals surface area contributed by atoms with Crippen molar-refractivity contribution in [3.8, 4) is 0 Å². The third-order valence-electron chi connectivity index (χ3n) is 3.61. The van der Waals surface area contributed by atoms with Crippen molar-refractivity contribution in [1.29, 1.82) is 0 Å². The molecule has 3 nitrogen and oxygen atoms in total. The Morgan fingerprint density at radius 3 is 3.11 bits per heavy atom. The zero-order valence-corrected chi connectivity index (χ0v) is 12.5. The lowest BCUT2D eigenvalue weighted by Gasteiger charge is -2.25. The molecule has 1 unspecified atom stereocenters. The molecule has 3 heterocycles. The van der Waals surface area contributed by atoms with Gasteiger partial charge in [-0.15, -0.1) is 0 Å². The lowest BCUT2D eigenvalue weighted by molar-refractivity contribution is 0.475. The second-order valence-electron chi connectivity index (χ2n) is 5.71. The summed E-state index contributed by atoms with van der Waals surface area (Å²) in [5.41, 5.74) is 2.12. The molecule has 0 bridgehead atoms. The van der Waals surface area contributed by atoms with Gasteiger partial charge in [0.05, 0.1) is 0 Å². The maximum absolute atomic E-state index is 4.82. The summed E-state index contributed by atoms with van der Waals surface area (Å²) in [6, 6.07) is 4.64. The van der Waals surface area contributed by atoms with Crippen molar-refractivity contribution in [2.24, 2.45) is 5.92 Å². The van der Waals surface area contributed by atoms with E-state index in [1.807, 2.05) is 12.3 Å². The number of nitrogens with zero attached hydrogens (tertiary/aromatic N) is 3. The number of rotatable bonds is 3. The van der Waals surface area contributed by atoms with Crippen molar-refractivity contribution in [2.45, 2.75) is 39.2 Å². The zero-order chi connectivity index (χ0) is 13.2. The van der Waals surface area contributed by atoms with Gasteiger partial charge in [0.2, 0.25) is 0 Å². The summed E-state index contributed by atoms with van der Waals surface area (Å²) >= 11 is 2.06. The van der Waals surface area contributed by atoms with Crippen molar-refractivity contribution in [3.05, 3.63) is 24.2 Å². The summed E-state index contributed by atoms with van der Waals surface area (Å²) in [5, 5.41) is 0. The number of pyridine rings is 1. The Morgan fingerprint density at radius 2 is 2.37 bits per heavy atom. The number of imidazole rings is 1. The first kappa shape index (κ1) is 13.0. The van der Waals surface area contributed by atoms with Gasteiger partial charge in [0.1, 0.15) is 11.3 Å². The number of fused-ring (bicyclic) bond motifs is 1. The SMILES string of the molecule is CC(C)Cc1nc2cccnc2n1C1CCCSC1. The predicted octanol–water partition coefficient (Wildman–Crippen LogP) is 3.70. The molecule has 1 aliphatic rings. The van der Waals surface area contributed by atoms with Crippen LogP contribution in [0.2, 0.25) is 0 Å². The second kappa shape index (κ2) is 5.53. The highest BCUT2D eigenvalue weighted by molar-refractivity contribution is 7.99. The lowest BCUT2D eigenvalue weighted by Crippen LogP contribution is -2.19. The summed E-state index contributed by atoms with van der Waals surface area (Å²) < 4.78 is 2.42. The molecule has 2 aromatic heterocycles. The molecule has 0 aromatic carbocycles. The summed E-state index contributed by atoms with van der Waals surface area (Å²) in [7, 11) is 0. The maximum atomic E-state index is 4.82. The van der Waals surface area contributed by atoms with Crippen molar-refractivity contribution in [3.63, 3.8) is 0 Å². The standard InChI is InChI=1S/C15H21N3S/c1-11(2)9-14-17-13-6-3-7-16-15(13)18(14)12-5-4-8-19-10-12/h3,6-7,11-12H,4-5,8-10H2,1-2H3. The van der Waals surface area contributed by atoms with Gasteiger partial charge >= 0.3 is 0 Å². The normalized spacial score (nSPS) is 20.3. The zero-order valence-electron chi connectivity index (χ0n) is 11.7. The summed E-state index contributed by atoms with van der Waals surface area (Å²) in [6.07, 6.45) is 5.50. The molecule has 1 saturated heterocycles. The van der Waals surface area contributed by atoms with Crippen LogP contribution in [0.5, 0.6) is 0 Å². The van der Waals surface area contributed by atoms with Gasteiger partial charge in [-0.25, -0.2) is 9.97 Å². The lowest BCUT2D eigenvalue weighted by atomic mass is 10.1. The van der Waals surface area contributed by atoms with E-state index in [9.17, 15) is 0 Å². The van der Waals surface area contributed by atoms with Crippen LogP contribution in [0.1, 0.15) is 38.6 Å². The fraction of sp³-hybridized carbons (Fsp3) is 0.600. The second-order valence-corrected chi connectivity index (χ2v) is 6.86. The predicted molar refractivity (Wildman–Crippen MR) is 81.7 cm³/mol. The molecular formula is C15H21N3S. The monoisotopic (exact) mass is 275 g/mol. The van der Waals surface area contributed by atoms with Crippen molar-refractivity contribution in [1.82, 2.24) is 14.5 Å². The minimum Gasteiger partial charge on any atom is -0.309 e. The van der Waals surface area contributed by atoms with Gasteiger partial charge in [0, 0.05) is 24.4 Å². The number of thioether (sulfide) groups is 1. The number of hydrogen-bond donors (Lipinski definition) is 0. The molecule has 0 radical (unpaired) electrons. The summed E-state index contributed by atoms with van der Waals surface area (Å²) in [5.74, 6) is 4.35. The quantitative estimate of drug-likeness (QED) is 0.855. The Kier molecular flexibility index (Phi) is 3.78. The fourth-order valence-corrected chi connectivity index (χ4v) is 3.92. The Hall–Kier alpha value is -1.03.